The van der Waals surface area contributed by atoms with Crippen molar-refractivity contribution in [3.05, 3.63) is 70.8 Å². The van der Waals surface area contributed by atoms with E-state index in [0.29, 0.717) is 10.6 Å². The van der Waals surface area contributed by atoms with Gasteiger partial charge in [0, 0.05) is 36.9 Å². The lowest BCUT2D eigenvalue weighted by Gasteiger charge is -2.33. The molecule has 0 amide bonds. The summed E-state index contributed by atoms with van der Waals surface area (Å²) < 4.78 is 23.2. The van der Waals surface area contributed by atoms with Crippen LogP contribution < -0.4 is 5.32 Å². The van der Waals surface area contributed by atoms with Crippen LogP contribution in [0, 0.1) is 11.8 Å². The van der Waals surface area contributed by atoms with E-state index in [1.807, 2.05) is 45.0 Å². The largest absolute Gasteiger partial charge is 0.457 e. The molecule has 1 fully saturated rings. The fraction of sp³-hybridized carbons (Fsp3) is 0.641. The minimum Gasteiger partial charge on any atom is -0.457 e. The number of hydrogen-bond donors (Lipinski definition) is 4. The number of cyclic esters (lactones) is 1. The third kappa shape index (κ3) is 11.7. The molecule has 50 heavy (non-hydrogen) atoms. The van der Waals surface area contributed by atoms with Crippen LogP contribution in [0.4, 0.5) is 0 Å². The second-order valence-corrected chi connectivity index (χ2v) is 14.9. The van der Waals surface area contributed by atoms with E-state index in [0.717, 1.165) is 12.0 Å². The van der Waals surface area contributed by atoms with Gasteiger partial charge in [-0.1, -0.05) is 68.8 Å². The molecule has 0 aromatic heterocycles. The SMILES string of the molecule is CC[C@H](OC)[C@@H](C)[C@H]1O[C@@H]1C(N[C@@H](C)c1ccc(Cl)cc1)C(C)(O)/C=C/C=C(\C)[C@@H]1OC(=O)C[C@H](O)CC[C@@](C)(O)[C@@H](OC(C)=O)/C=C/[C@@H]1C. The number of aliphatic hydroxyl groups is 3. The van der Waals surface area contributed by atoms with Gasteiger partial charge in [-0.15, -0.1) is 0 Å². The Kier molecular flexibility index (Phi) is 15.3. The molecular formula is C39H58ClNO9. The molecule has 1 saturated heterocycles. The van der Waals surface area contributed by atoms with E-state index in [4.69, 9.17) is 30.5 Å². The van der Waals surface area contributed by atoms with E-state index in [-0.39, 0.29) is 49.5 Å². The molecule has 0 radical (unpaired) electrons. The summed E-state index contributed by atoms with van der Waals surface area (Å²) in [7, 11) is 1.70. The Morgan fingerprint density at radius 1 is 1.20 bits per heavy atom. The monoisotopic (exact) mass is 719 g/mol. The highest BCUT2D eigenvalue weighted by Gasteiger charge is 2.54. The summed E-state index contributed by atoms with van der Waals surface area (Å²) in [5, 5.41) is 37.9. The molecule has 2 aliphatic heterocycles. The zero-order valence-corrected chi connectivity index (χ0v) is 31.7. The molecule has 280 valence electrons. The number of methoxy groups -OCH3 is 1. The van der Waals surface area contributed by atoms with Crippen LogP contribution in [0.1, 0.15) is 92.7 Å². The predicted octanol–water partition coefficient (Wildman–Crippen LogP) is 5.77. The molecule has 0 spiro atoms. The molecule has 1 aromatic rings. The van der Waals surface area contributed by atoms with Gasteiger partial charge in [0.2, 0.25) is 0 Å². The van der Waals surface area contributed by atoms with Crippen molar-refractivity contribution in [2.24, 2.45) is 11.8 Å². The molecular weight excluding hydrogens is 662 g/mol. The Bertz CT molecular complexity index is 1350. The first-order chi connectivity index (χ1) is 23.4. The average Bonchev–Trinajstić information content (AvgIpc) is 3.83. The van der Waals surface area contributed by atoms with Gasteiger partial charge in [-0.3, -0.25) is 9.59 Å². The van der Waals surface area contributed by atoms with Gasteiger partial charge in [0.25, 0.3) is 0 Å². The fourth-order valence-corrected chi connectivity index (χ4v) is 6.85. The van der Waals surface area contributed by atoms with Gasteiger partial charge in [-0.2, -0.15) is 0 Å². The molecule has 1 aromatic carbocycles. The van der Waals surface area contributed by atoms with Crippen molar-refractivity contribution in [1.29, 1.82) is 0 Å². The number of halogens is 1. The lowest BCUT2D eigenvalue weighted by atomic mass is 9.86. The summed E-state index contributed by atoms with van der Waals surface area (Å²) in [6.07, 6.45) is 6.28. The standard InChI is InChI=1S/C39H58ClNO9/c1-10-31(47-9)25(4)35-36(50-35)37(41-26(5)28-14-16-29(40)17-15-28)39(8,46)20-11-12-23(2)34-24(3)13-18-32(48-27(6)42)38(7,45)21-19-30(43)22-33(44)49-34/h11-18,20,24-26,30-32,34-37,41,43,45-46H,10,19,21-22H2,1-9H3/b18-13+,20-11+,23-12+/t24-,25+,26-,30+,31-,32-,34-,35+,36-,37?,38+,39?/m0/s1. The highest BCUT2D eigenvalue weighted by molar-refractivity contribution is 6.30. The minimum atomic E-state index is -1.46. The van der Waals surface area contributed by atoms with E-state index < -0.39 is 53.4 Å². The summed E-state index contributed by atoms with van der Waals surface area (Å²) in [5.74, 6) is -1.40. The molecule has 0 saturated carbocycles. The number of carbonyl (C=O) groups is 2. The smallest absolute Gasteiger partial charge is 0.309 e. The van der Waals surface area contributed by atoms with E-state index >= 15 is 0 Å². The average molecular weight is 720 g/mol. The number of hydrogen-bond acceptors (Lipinski definition) is 10. The first kappa shape index (κ1) is 41.8. The van der Waals surface area contributed by atoms with Gasteiger partial charge < -0.3 is 39.6 Å². The number of nitrogens with one attached hydrogen (secondary N) is 1. The van der Waals surface area contributed by atoms with Gasteiger partial charge in [0.05, 0.1) is 36.4 Å². The first-order valence-electron chi connectivity index (χ1n) is 17.6. The van der Waals surface area contributed by atoms with Crippen molar-refractivity contribution >= 4 is 23.5 Å². The Morgan fingerprint density at radius 3 is 2.46 bits per heavy atom. The van der Waals surface area contributed by atoms with Crippen molar-refractivity contribution in [3.8, 4) is 0 Å². The highest BCUT2D eigenvalue weighted by Crippen LogP contribution is 2.39. The number of benzene rings is 1. The first-order valence-corrected chi connectivity index (χ1v) is 18.0. The van der Waals surface area contributed by atoms with Crippen molar-refractivity contribution in [2.45, 2.75) is 141 Å². The van der Waals surface area contributed by atoms with E-state index in [9.17, 15) is 24.9 Å². The molecule has 0 bridgehead atoms. The van der Waals surface area contributed by atoms with E-state index in [1.165, 1.54) is 6.92 Å². The molecule has 3 rings (SSSR count). The molecule has 11 heteroatoms. The summed E-state index contributed by atoms with van der Waals surface area (Å²) in [4.78, 5) is 24.7. The molecule has 0 aliphatic carbocycles. The van der Waals surface area contributed by atoms with Crippen LogP contribution in [0.2, 0.25) is 5.02 Å². The second-order valence-electron chi connectivity index (χ2n) is 14.5. The molecule has 2 unspecified atom stereocenters. The summed E-state index contributed by atoms with van der Waals surface area (Å²) in [5.41, 5.74) is -1.13. The van der Waals surface area contributed by atoms with Crippen molar-refractivity contribution < 1.29 is 43.9 Å². The van der Waals surface area contributed by atoms with Crippen molar-refractivity contribution in [2.75, 3.05) is 7.11 Å². The second kappa shape index (κ2) is 18.3. The lowest BCUT2D eigenvalue weighted by Crippen LogP contribution is -2.53. The fourth-order valence-electron chi connectivity index (χ4n) is 6.73. The van der Waals surface area contributed by atoms with E-state index in [1.54, 1.807) is 51.3 Å². The van der Waals surface area contributed by atoms with Crippen LogP contribution in [0.25, 0.3) is 0 Å². The minimum absolute atomic E-state index is 0.0200. The maximum Gasteiger partial charge on any atom is 0.309 e. The molecule has 2 heterocycles. The Hall–Kier alpha value is -2.57. The summed E-state index contributed by atoms with van der Waals surface area (Å²) in [6.45, 7) is 14.4. The molecule has 2 aliphatic rings. The number of ether oxygens (including phenoxy) is 4. The van der Waals surface area contributed by atoms with Gasteiger partial charge in [0.1, 0.15) is 23.9 Å². The Morgan fingerprint density at radius 2 is 1.86 bits per heavy atom. The molecule has 12 atom stereocenters. The zero-order valence-electron chi connectivity index (χ0n) is 31.0. The van der Waals surface area contributed by atoms with Gasteiger partial charge in [-0.25, -0.2) is 0 Å². The maximum atomic E-state index is 12.9. The zero-order chi connectivity index (χ0) is 37.4. The predicted molar refractivity (Wildman–Crippen MR) is 193 cm³/mol. The number of epoxide rings is 1. The number of rotatable bonds is 13. The summed E-state index contributed by atoms with van der Waals surface area (Å²) >= 11 is 6.13. The lowest BCUT2D eigenvalue weighted by molar-refractivity contribution is -0.157. The number of aliphatic hydroxyl groups excluding tert-OH is 1. The topological polar surface area (TPSA) is 147 Å². The normalized spacial score (nSPS) is 32.4. The molecule has 4 N–H and O–H groups in total. The van der Waals surface area contributed by atoms with Crippen LogP contribution in [0.15, 0.2) is 60.2 Å². The van der Waals surface area contributed by atoms with Crippen molar-refractivity contribution in [3.63, 3.8) is 0 Å². The van der Waals surface area contributed by atoms with Gasteiger partial charge in [0.15, 0.2) is 0 Å². The third-order valence-electron chi connectivity index (χ3n) is 9.99. The van der Waals surface area contributed by atoms with Crippen LogP contribution in [0.5, 0.6) is 0 Å². The van der Waals surface area contributed by atoms with Crippen LogP contribution in [0.3, 0.4) is 0 Å². The maximum absolute atomic E-state index is 12.9. The van der Waals surface area contributed by atoms with Crippen LogP contribution in [-0.4, -0.2) is 88.2 Å². The van der Waals surface area contributed by atoms with Crippen LogP contribution in [-0.2, 0) is 28.5 Å². The number of esters is 2. The van der Waals surface area contributed by atoms with E-state index in [2.05, 4.69) is 19.2 Å². The number of allylic oxidation sites excluding steroid dienone is 2. The van der Waals surface area contributed by atoms with Gasteiger partial charge in [-0.05, 0) is 76.3 Å². The Balaban J connectivity index is 1.90. The highest BCUT2D eigenvalue weighted by atomic mass is 35.5. The van der Waals surface area contributed by atoms with Gasteiger partial charge >= 0.3 is 11.9 Å². The van der Waals surface area contributed by atoms with Crippen molar-refractivity contribution in [1.82, 2.24) is 5.32 Å². The summed E-state index contributed by atoms with van der Waals surface area (Å²) in [6, 6.07) is 6.96. The third-order valence-corrected chi connectivity index (χ3v) is 10.2. The Labute approximate surface area is 302 Å². The molecule has 10 nitrogen and oxygen atoms in total. The quantitative estimate of drug-likeness (QED) is 0.0857. The number of carbonyl (C=O) groups excluding carboxylic acids is 2. The van der Waals surface area contributed by atoms with Crippen LogP contribution >= 0.6 is 11.6 Å².